The first-order valence-corrected chi connectivity index (χ1v) is 8.44. The molecular formula is C20H20O6. The van der Waals surface area contributed by atoms with Crippen molar-refractivity contribution in [2.45, 2.75) is 32.5 Å². The Labute approximate surface area is 151 Å². The van der Waals surface area contributed by atoms with Crippen LogP contribution in [0.15, 0.2) is 42.5 Å². The molecule has 0 spiro atoms. The van der Waals surface area contributed by atoms with Gasteiger partial charge in [0.15, 0.2) is 6.10 Å². The van der Waals surface area contributed by atoms with Crippen LogP contribution in [0.25, 0.3) is 0 Å². The number of ketones is 1. The van der Waals surface area contributed by atoms with Crippen LogP contribution in [0, 0.1) is 5.92 Å². The van der Waals surface area contributed by atoms with Crippen LogP contribution in [0.1, 0.15) is 42.3 Å². The fraction of sp³-hybridized carbons (Fsp3) is 0.300. The van der Waals surface area contributed by atoms with Crippen LogP contribution in [0.5, 0.6) is 17.2 Å². The summed E-state index contributed by atoms with van der Waals surface area (Å²) in [6.07, 6.45) is -1.51. The Balaban J connectivity index is 2.05. The summed E-state index contributed by atoms with van der Waals surface area (Å²) in [5.74, 6) is -2.02. The van der Waals surface area contributed by atoms with Gasteiger partial charge in [-0.05, 0) is 12.0 Å². The van der Waals surface area contributed by atoms with E-state index in [2.05, 4.69) is 0 Å². The third-order valence-electron chi connectivity index (χ3n) is 4.49. The van der Waals surface area contributed by atoms with Crippen molar-refractivity contribution in [3.8, 4) is 17.2 Å². The van der Waals surface area contributed by atoms with Crippen molar-refractivity contribution < 1.29 is 29.3 Å². The number of hydrogen-bond acceptors (Lipinski definition) is 6. The number of Topliss-reactive ketones (excluding diaryl/α,β-unsaturated/α-hetero) is 1. The largest absolute Gasteiger partial charge is 0.508 e. The van der Waals surface area contributed by atoms with Crippen molar-refractivity contribution >= 4 is 11.8 Å². The SMILES string of the molecule is CC[C@@H](C)C(=O)O[C@H]1C(=O)c2c(O)cc(O)cc2O[C@@H]1c1ccccc1. The molecule has 0 saturated carbocycles. The molecule has 3 rings (SSSR count). The van der Waals surface area contributed by atoms with Gasteiger partial charge < -0.3 is 19.7 Å². The zero-order valence-electron chi connectivity index (χ0n) is 14.5. The first kappa shape index (κ1) is 17.8. The lowest BCUT2D eigenvalue weighted by atomic mass is 9.92. The lowest BCUT2D eigenvalue weighted by molar-refractivity contribution is -0.156. The minimum absolute atomic E-state index is 0.0530. The van der Waals surface area contributed by atoms with Gasteiger partial charge in [0.25, 0.3) is 0 Å². The van der Waals surface area contributed by atoms with E-state index in [4.69, 9.17) is 9.47 Å². The molecule has 0 saturated heterocycles. The Morgan fingerprint density at radius 1 is 1.23 bits per heavy atom. The van der Waals surface area contributed by atoms with Crippen LogP contribution in [0.4, 0.5) is 0 Å². The Hall–Kier alpha value is -3.02. The molecule has 3 atom stereocenters. The fourth-order valence-electron chi connectivity index (χ4n) is 2.81. The van der Waals surface area contributed by atoms with E-state index < -0.39 is 29.7 Å². The maximum absolute atomic E-state index is 13.0. The normalized spacial score (nSPS) is 20.0. The molecule has 1 heterocycles. The van der Waals surface area contributed by atoms with Gasteiger partial charge in [0, 0.05) is 12.1 Å². The molecule has 0 aromatic heterocycles. The van der Waals surface area contributed by atoms with Gasteiger partial charge in [-0.25, -0.2) is 0 Å². The van der Waals surface area contributed by atoms with Crippen LogP contribution in [0.2, 0.25) is 0 Å². The summed E-state index contributed by atoms with van der Waals surface area (Å²) in [7, 11) is 0. The van der Waals surface area contributed by atoms with Crippen molar-refractivity contribution in [2.24, 2.45) is 5.92 Å². The molecule has 0 fully saturated rings. The zero-order valence-corrected chi connectivity index (χ0v) is 14.5. The minimum atomic E-state index is -1.22. The Morgan fingerprint density at radius 3 is 2.58 bits per heavy atom. The average Bonchev–Trinajstić information content (AvgIpc) is 2.63. The van der Waals surface area contributed by atoms with Gasteiger partial charge in [0.05, 0.1) is 5.92 Å². The fourth-order valence-corrected chi connectivity index (χ4v) is 2.81. The number of hydrogen-bond donors (Lipinski definition) is 2. The predicted octanol–water partition coefficient (Wildman–Crippen LogP) is 3.37. The second kappa shape index (κ2) is 7.07. The quantitative estimate of drug-likeness (QED) is 0.816. The molecule has 6 nitrogen and oxygen atoms in total. The Bertz CT molecular complexity index is 830. The van der Waals surface area contributed by atoms with E-state index in [0.29, 0.717) is 12.0 Å². The number of ether oxygens (including phenoxy) is 2. The smallest absolute Gasteiger partial charge is 0.309 e. The number of phenolic OH excluding ortho intramolecular Hbond substituents is 2. The molecule has 2 N–H and O–H groups in total. The number of carbonyl (C=O) groups excluding carboxylic acids is 2. The van der Waals surface area contributed by atoms with E-state index in [1.54, 1.807) is 31.2 Å². The van der Waals surface area contributed by atoms with Crippen LogP contribution in [-0.2, 0) is 9.53 Å². The lowest BCUT2D eigenvalue weighted by Gasteiger charge is -2.33. The summed E-state index contributed by atoms with van der Waals surface area (Å²) in [4.78, 5) is 25.3. The highest BCUT2D eigenvalue weighted by molar-refractivity contribution is 6.06. The molecule has 0 amide bonds. The minimum Gasteiger partial charge on any atom is -0.508 e. The summed E-state index contributed by atoms with van der Waals surface area (Å²) in [5.41, 5.74) is 0.549. The van der Waals surface area contributed by atoms with Crippen molar-refractivity contribution in [3.05, 3.63) is 53.6 Å². The number of benzene rings is 2. The second-order valence-electron chi connectivity index (χ2n) is 6.32. The molecule has 0 radical (unpaired) electrons. The van der Waals surface area contributed by atoms with Gasteiger partial charge in [-0.15, -0.1) is 0 Å². The van der Waals surface area contributed by atoms with Crippen molar-refractivity contribution in [1.82, 2.24) is 0 Å². The topological polar surface area (TPSA) is 93.1 Å². The van der Waals surface area contributed by atoms with Gasteiger partial charge >= 0.3 is 5.97 Å². The number of rotatable bonds is 4. The maximum Gasteiger partial charge on any atom is 0.309 e. The first-order chi connectivity index (χ1) is 12.4. The molecule has 26 heavy (non-hydrogen) atoms. The maximum atomic E-state index is 13.0. The molecule has 2 aromatic carbocycles. The number of carbonyl (C=O) groups is 2. The van der Waals surface area contributed by atoms with Crippen molar-refractivity contribution in [1.29, 1.82) is 0 Å². The molecule has 1 aliphatic heterocycles. The monoisotopic (exact) mass is 356 g/mol. The first-order valence-electron chi connectivity index (χ1n) is 8.44. The molecule has 6 heteroatoms. The van der Waals surface area contributed by atoms with Gasteiger partial charge in [-0.2, -0.15) is 0 Å². The summed E-state index contributed by atoms with van der Waals surface area (Å²) in [5, 5.41) is 19.8. The van der Waals surface area contributed by atoms with Crippen molar-refractivity contribution in [3.63, 3.8) is 0 Å². The summed E-state index contributed by atoms with van der Waals surface area (Å²) >= 11 is 0. The van der Waals surface area contributed by atoms with E-state index in [-0.39, 0.29) is 23.0 Å². The second-order valence-corrected chi connectivity index (χ2v) is 6.32. The van der Waals surface area contributed by atoms with Gasteiger partial charge in [-0.1, -0.05) is 44.2 Å². The highest BCUT2D eigenvalue weighted by Crippen LogP contribution is 2.42. The van der Waals surface area contributed by atoms with E-state index >= 15 is 0 Å². The number of fused-ring (bicyclic) bond motifs is 1. The van der Waals surface area contributed by atoms with Crippen LogP contribution >= 0.6 is 0 Å². The summed E-state index contributed by atoms with van der Waals surface area (Å²) < 4.78 is 11.3. The van der Waals surface area contributed by atoms with Crippen LogP contribution in [0.3, 0.4) is 0 Å². The Kier molecular flexibility index (Phi) is 4.84. The van der Waals surface area contributed by atoms with E-state index in [1.807, 2.05) is 13.0 Å². The third-order valence-corrected chi connectivity index (χ3v) is 4.49. The van der Waals surface area contributed by atoms with Gasteiger partial charge in [-0.3, -0.25) is 9.59 Å². The summed E-state index contributed by atoms with van der Waals surface area (Å²) in [6.45, 7) is 3.57. The molecule has 0 unspecified atom stereocenters. The highest BCUT2D eigenvalue weighted by atomic mass is 16.6. The molecular weight excluding hydrogens is 336 g/mol. The van der Waals surface area contributed by atoms with E-state index in [0.717, 1.165) is 6.07 Å². The van der Waals surface area contributed by atoms with E-state index in [9.17, 15) is 19.8 Å². The molecule has 0 aliphatic carbocycles. The highest BCUT2D eigenvalue weighted by Gasteiger charge is 2.43. The molecule has 1 aliphatic rings. The van der Waals surface area contributed by atoms with Crippen molar-refractivity contribution in [2.75, 3.05) is 0 Å². The average molecular weight is 356 g/mol. The third kappa shape index (κ3) is 3.22. The van der Waals surface area contributed by atoms with Crippen LogP contribution in [-0.4, -0.2) is 28.1 Å². The number of phenols is 2. The van der Waals surface area contributed by atoms with Gasteiger partial charge in [0.2, 0.25) is 11.9 Å². The van der Waals surface area contributed by atoms with Gasteiger partial charge in [0.1, 0.15) is 22.8 Å². The molecule has 0 bridgehead atoms. The lowest BCUT2D eigenvalue weighted by Crippen LogP contribution is -2.40. The number of aromatic hydroxyl groups is 2. The standard InChI is InChI=1S/C20H20O6/c1-3-11(2)20(24)26-19-17(23)16-14(22)9-13(21)10-15(16)25-18(19)12-7-5-4-6-8-12/h4-11,18-19,21-22H,3H2,1-2H3/t11-,18-,19+/m1/s1. The summed E-state index contributed by atoms with van der Waals surface area (Å²) in [6, 6.07) is 11.2. The zero-order chi connectivity index (χ0) is 18.8. The van der Waals surface area contributed by atoms with Crippen LogP contribution < -0.4 is 4.74 Å². The number of esters is 1. The predicted molar refractivity (Wildman–Crippen MR) is 93.2 cm³/mol. The Morgan fingerprint density at radius 2 is 1.92 bits per heavy atom. The van der Waals surface area contributed by atoms with E-state index in [1.165, 1.54) is 6.07 Å². The molecule has 136 valence electrons. The molecule has 2 aromatic rings.